The lowest BCUT2D eigenvalue weighted by atomic mass is 9.98. The van der Waals surface area contributed by atoms with Crippen LogP contribution in [0.5, 0.6) is 0 Å². The lowest BCUT2D eigenvalue weighted by molar-refractivity contribution is 0.0892. The van der Waals surface area contributed by atoms with E-state index in [0.717, 1.165) is 0 Å². The standard InChI is InChI=1S/C15H22FNO2/c1-11(10-17(3)9-8-12(2)18)15(19)13-6-4-5-7-14(13)16/h4-7,11-12,18H,8-10H2,1-3H3. The smallest absolute Gasteiger partial charge is 0.169 e. The van der Waals surface area contributed by atoms with Crippen LogP contribution in [0, 0.1) is 11.7 Å². The van der Waals surface area contributed by atoms with E-state index in [9.17, 15) is 14.3 Å². The molecule has 0 saturated carbocycles. The second kappa shape index (κ2) is 7.36. The van der Waals surface area contributed by atoms with Crippen LogP contribution in [0.1, 0.15) is 30.6 Å². The Kier molecular flexibility index (Phi) is 6.12. The van der Waals surface area contributed by atoms with E-state index in [1.54, 1.807) is 26.0 Å². The number of halogens is 1. The number of hydrogen-bond acceptors (Lipinski definition) is 3. The van der Waals surface area contributed by atoms with E-state index in [0.29, 0.717) is 19.5 Å². The van der Waals surface area contributed by atoms with Gasteiger partial charge in [-0.25, -0.2) is 4.39 Å². The van der Waals surface area contributed by atoms with Gasteiger partial charge in [-0.3, -0.25) is 4.79 Å². The molecule has 1 N–H and O–H groups in total. The van der Waals surface area contributed by atoms with Crippen LogP contribution in [0.25, 0.3) is 0 Å². The van der Waals surface area contributed by atoms with Crippen molar-refractivity contribution in [2.24, 2.45) is 5.92 Å². The number of aliphatic hydroxyl groups is 1. The van der Waals surface area contributed by atoms with Crippen LogP contribution in [-0.4, -0.2) is 42.0 Å². The fraction of sp³-hybridized carbons (Fsp3) is 0.533. The molecule has 0 spiro atoms. The predicted octanol–water partition coefficient (Wildman–Crippen LogP) is 2.35. The highest BCUT2D eigenvalue weighted by Crippen LogP contribution is 2.13. The summed E-state index contributed by atoms with van der Waals surface area (Å²) in [6.45, 7) is 4.81. The second-order valence-electron chi connectivity index (χ2n) is 5.15. The molecule has 0 aliphatic heterocycles. The van der Waals surface area contributed by atoms with E-state index in [4.69, 9.17) is 0 Å². The SMILES string of the molecule is CC(O)CCN(C)CC(C)C(=O)c1ccccc1F. The van der Waals surface area contributed by atoms with Crippen LogP contribution >= 0.6 is 0 Å². The topological polar surface area (TPSA) is 40.5 Å². The first-order valence-corrected chi connectivity index (χ1v) is 6.57. The number of rotatable bonds is 7. The van der Waals surface area contributed by atoms with Gasteiger partial charge in [-0.15, -0.1) is 0 Å². The molecule has 0 aliphatic carbocycles. The van der Waals surface area contributed by atoms with Gasteiger partial charge >= 0.3 is 0 Å². The third-order valence-corrected chi connectivity index (χ3v) is 3.10. The molecule has 0 heterocycles. The molecular weight excluding hydrogens is 245 g/mol. The quantitative estimate of drug-likeness (QED) is 0.771. The van der Waals surface area contributed by atoms with Gasteiger partial charge < -0.3 is 10.0 Å². The maximum Gasteiger partial charge on any atom is 0.169 e. The van der Waals surface area contributed by atoms with E-state index >= 15 is 0 Å². The van der Waals surface area contributed by atoms with Gasteiger partial charge in [-0.05, 0) is 32.5 Å². The summed E-state index contributed by atoms with van der Waals surface area (Å²) in [4.78, 5) is 14.1. The number of aliphatic hydroxyl groups excluding tert-OH is 1. The molecule has 0 aromatic heterocycles. The molecule has 1 aromatic carbocycles. The van der Waals surface area contributed by atoms with Gasteiger partial charge in [0.15, 0.2) is 5.78 Å². The maximum absolute atomic E-state index is 13.5. The van der Waals surface area contributed by atoms with E-state index in [1.165, 1.54) is 12.1 Å². The molecular formula is C15H22FNO2. The lowest BCUT2D eigenvalue weighted by Crippen LogP contribution is -2.31. The van der Waals surface area contributed by atoms with Crippen molar-refractivity contribution in [3.63, 3.8) is 0 Å². The molecule has 0 amide bonds. The number of carbonyl (C=O) groups excluding carboxylic acids is 1. The van der Waals surface area contributed by atoms with Crippen molar-refractivity contribution in [1.82, 2.24) is 4.90 Å². The van der Waals surface area contributed by atoms with Crippen molar-refractivity contribution in [3.05, 3.63) is 35.6 Å². The number of ketones is 1. The van der Waals surface area contributed by atoms with Crippen LogP contribution in [0.4, 0.5) is 4.39 Å². The largest absolute Gasteiger partial charge is 0.393 e. The van der Waals surface area contributed by atoms with Gasteiger partial charge in [0.25, 0.3) is 0 Å². The van der Waals surface area contributed by atoms with Crippen molar-refractivity contribution in [2.45, 2.75) is 26.4 Å². The summed E-state index contributed by atoms with van der Waals surface area (Å²) in [5, 5.41) is 9.22. The molecule has 0 radical (unpaired) electrons. The molecule has 1 aromatic rings. The number of carbonyl (C=O) groups is 1. The van der Waals surface area contributed by atoms with Crippen LogP contribution in [0.3, 0.4) is 0 Å². The van der Waals surface area contributed by atoms with E-state index in [1.807, 2.05) is 11.9 Å². The minimum Gasteiger partial charge on any atom is -0.393 e. The average Bonchev–Trinajstić information content (AvgIpc) is 2.36. The van der Waals surface area contributed by atoms with Gasteiger partial charge in [0.1, 0.15) is 5.82 Å². The first-order valence-electron chi connectivity index (χ1n) is 6.57. The number of benzene rings is 1. The Balaban J connectivity index is 2.56. The number of nitrogens with zero attached hydrogens (tertiary/aromatic N) is 1. The first kappa shape index (κ1) is 15.8. The fourth-order valence-electron chi connectivity index (χ4n) is 1.98. The molecule has 4 heteroatoms. The Morgan fingerprint density at radius 1 is 1.37 bits per heavy atom. The molecule has 0 saturated heterocycles. The molecule has 2 atom stereocenters. The summed E-state index contributed by atoms with van der Waals surface area (Å²) in [5.41, 5.74) is 0.152. The predicted molar refractivity (Wildman–Crippen MR) is 73.7 cm³/mol. The molecule has 0 bridgehead atoms. The highest BCUT2D eigenvalue weighted by Gasteiger charge is 2.19. The summed E-state index contributed by atoms with van der Waals surface area (Å²) in [6, 6.07) is 6.06. The molecule has 0 fully saturated rings. The Labute approximate surface area is 114 Å². The van der Waals surface area contributed by atoms with E-state index in [-0.39, 0.29) is 23.4 Å². The zero-order valence-corrected chi connectivity index (χ0v) is 11.8. The number of hydrogen-bond donors (Lipinski definition) is 1. The highest BCUT2D eigenvalue weighted by molar-refractivity contribution is 5.98. The number of Topliss-reactive ketones (excluding diaryl/α,β-unsaturated/α-hetero) is 1. The summed E-state index contributed by atoms with van der Waals surface area (Å²) >= 11 is 0. The van der Waals surface area contributed by atoms with Crippen LogP contribution in [-0.2, 0) is 0 Å². The Morgan fingerprint density at radius 3 is 2.58 bits per heavy atom. The highest BCUT2D eigenvalue weighted by atomic mass is 19.1. The van der Waals surface area contributed by atoms with Gasteiger partial charge in [0.05, 0.1) is 11.7 Å². The van der Waals surface area contributed by atoms with Gasteiger partial charge in [-0.1, -0.05) is 19.1 Å². The zero-order chi connectivity index (χ0) is 14.4. The summed E-state index contributed by atoms with van der Waals surface area (Å²) in [7, 11) is 1.90. The Hall–Kier alpha value is -1.26. The van der Waals surface area contributed by atoms with Crippen molar-refractivity contribution >= 4 is 5.78 Å². The summed E-state index contributed by atoms with van der Waals surface area (Å²) in [6.07, 6.45) is 0.317. The van der Waals surface area contributed by atoms with Crippen LogP contribution in [0.15, 0.2) is 24.3 Å². The normalized spacial score (nSPS) is 14.4. The third kappa shape index (κ3) is 5.09. The van der Waals surface area contributed by atoms with Gasteiger partial charge in [0, 0.05) is 19.0 Å². The monoisotopic (exact) mass is 267 g/mol. The van der Waals surface area contributed by atoms with Gasteiger partial charge in [-0.2, -0.15) is 0 Å². The molecule has 106 valence electrons. The minimum atomic E-state index is -0.467. The van der Waals surface area contributed by atoms with E-state index in [2.05, 4.69) is 0 Å². The molecule has 19 heavy (non-hydrogen) atoms. The van der Waals surface area contributed by atoms with Crippen molar-refractivity contribution in [3.8, 4) is 0 Å². The Bertz CT molecular complexity index is 420. The van der Waals surface area contributed by atoms with Crippen LogP contribution < -0.4 is 0 Å². The molecule has 2 unspecified atom stereocenters. The first-order chi connectivity index (χ1) is 8.91. The minimum absolute atomic E-state index is 0.152. The van der Waals surface area contributed by atoms with Crippen LogP contribution in [0.2, 0.25) is 0 Å². The fourth-order valence-corrected chi connectivity index (χ4v) is 1.98. The Morgan fingerprint density at radius 2 is 2.00 bits per heavy atom. The molecule has 0 aliphatic rings. The van der Waals surface area contributed by atoms with Crippen molar-refractivity contribution in [2.75, 3.05) is 20.1 Å². The lowest BCUT2D eigenvalue weighted by Gasteiger charge is -2.21. The summed E-state index contributed by atoms with van der Waals surface area (Å²) in [5.74, 6) is -0.913. The van der Waals surface area contributed by atoms with Gasteiger partial charge in [0.2, 0.25) is 0 Å². The molecule has 1 rings (SSSR count). The van der Waals surface area contributed by atoms with E-state index < -0.39 is 5.82 Å². The second-order valence-corrected chi connectivity index (χ2v) is 5.15. The average molecular weight is 267 g/mol. The van der Waals surface area contributed by atoms with Crippen molar-refractivity contribution < 1.29 is 14.3 Å². The molecule has 3 nitrogen and oxygen atoms in total. The third-order valence-electron chi connectivity index (χ3n) is 3.10. The zero-order valence-electron chi connectivity index (χ0n) is 11.8. The van der Waals surface area contributed by atoms with Crippen molar-refractivity contribution in [1.29, 1.82) is 0 Å². The summed E-state index contributed by atoms with van der Waals surface area (Å²) < 4.78 is 13.5. The maximum atomic E-state index is 13.5.